The molecule has 0 N–H and O–H groups in total. The number of amides is 1. The van der Waals surface area contributed by atoms with E-state index in [0.717, 1.165) is 16.7 Å². The SMILES string of the molecule is CN1C(=O)[C@@H](Cc2ccncc2)O[C@H](c2ccc(Cl)cc2)C1c1ccc(Cl)cc1. The number of carbonyl (C=O) groups excluding carboxylic acids is 1. The summed E-state index contributed by atoms with van der Waals surface area (Å²) in [5, 5.41) is 1.31. The number of hydrogen-bond acceptors (Lipinski definition) is 3. The Hall–Kier alpha value is -2.40. The molecular formula is C23H20Cl2N2O2. The van der Waals surface area contributed by atoms with Crippen molar-refractivity contribution in [3.8, 4) is 0 Å². The summed E-state index contributed by atoms with van der Waals surface area (Å²) in [5.74, 6) is -0.0491. The minimum atomic E-state index is -0.577. The Balaban J connectivity index is 1.71. The van der Waals surface area contributed by atoms with Crippen LogP contribution in [0.5, 0.6) is 0 Å². The molecule has 3 aromatic rings. The molecule has 4 nitrogen and oxygen atoms in total. The number of carbonyl (C=O) groups is 1. The number of likely N-dealkylation sites (N-methyl/N-ethyl adjacent to an activating group) is 1. The zero-order chi connectivity index (χ0) is 20.4. The second-order valence-corrected chi connectivity index (χ2v) is 7.97. The van der Waals surface area contributed by atoms with E-state index in [4.69, 9.17) is 27.9 Å². The van der Waals surface area contributed by atoms with E-state index in [1.165, 1.54) is 0 Å². The first kappa shape index (κ1) is 19.9. The number of rotatable bonds is 4. The highest BCUT2D eigenvalue weighted by molar-refractivity contribution is 6.30. The Bertz CT molecular complexity index is 978. The topological polar surface area (TPSA) is 42.4 Å². The molecule has 0 aliphatic carbocycles. The van der Waals surface area contributed by atoms with Crippen molar-refractivity contribution in [1.29, 1.82) is 0 Å². The number of aromatic nitrogens is 1. The normalized spacial score (nSPS) is 22.0. The smallest absolute Gasteiger partial charge is 0.252 e. The summed E-state index contributed by atoms with van der Waals surface area (Å²) >= 11 is 12.2. The molecule has 1 aromatic heterocycles. The monoisotopic (exact) mass is 426 g/mol. The third-order valence-corrected chi connectivity index (χ3v) is 5.72. The summed E-state index contributed by atoms with van der Waals surface area (Å²) in [5.41, 5.74) is 2.94. The van der Waals surface area contributed by atoms with Gasteiger partial charge in [-0.3, -0.25) is 9.78 Å². The maximum Gasteiger partial charge on any atom is 0.252 e. The molecule has 3 atom stereocenters. The fourth-order valence-electron chi connectivity index (χ4n) is 3.72. The lowest BCUT2D eigenvalue weighted by Crippen LogP contribution is -2.49. The Morgan fingerprint density at radius 1 is 0.897 bits per heavy atom. The first-order valence-electron chi connectivity index (χ1n) is 9.35. The maximum absolute atomic E-state index is 13.1. The number of morpholine rings is 1. The molecule has 6 heteroatoms. The largest absolute Gasteiger partial charge is 0.358 e. The Morgan fingerprint density at radius 3 is 2.03 bits per heavy atom. The van der Waals surface area contributed by atoms with Gasteiger partial charge >= 0.3 is 0 Å². The second kappa shape index (κ2) is 8.54. The quantitative estimate of drug-likeness (QED) is 0.570. The molecule has 2 heterocycles. The van der Waals surface area contributed by atoms with Crippen LogP contribution in [-0.2, 0) is 16.0 Å². The van der Waals surface area contributed by atoms with Crippen LogP contribution in [0, 0.1) is 0 Å². The van der Waals surface area contributed by atoms with Gasteiger partial charge in [0.1, 0.15) is 12.2 Å². The highest BCUT2D eigenvalue weighted by Gasteiger charge is 2.42. The van der Waals surface area contributed by atoms with Crippen LogP contribution in [0.1, 0.15) is 28.8 Å². The highest BCUT2D eigenvalue weighted by Crippen LogP contribution is 2.42. The predicted molar refractivity (Wildman–Crippen MR) is 114 cm³/mol. The molecule has 2 aromatic carbocycles. The maximum atomic E-state index is 13.1. The van der Waals surface area contributed by atoms with Gasteiger partial charge in [0.2, 0.25) is 0 Å². The molecule has 0 bridgehead atoms. The molecule has 1 aliphatic heterocycles. The lowest BCUT2D eigenvalue weighted by molar-refractivity contribution is -0.171. The molecular weight excluding hydrogens is 407 g/mol. The number of halogens is 2. The molecule has 0 radical (unpaired) electrons. The number of ether oxygens (including phenoxy) is 1. The molecule has 0 saturated carbocycles. The number of pyridine rings is 1. The van der Waals surface area contributed by atoms with Gasteiger partial charge in [-0.25, -0.2) is 0 Å². The van der Waals surface area contributed by atoms with Crippen LogP contribution in [0.2, 0.25) is 10.0 Å². The fourth-order valence-corrected chi connectivity index (χ4v) is 3.97. The second-order valence-electron chi connectivity index (χ2n) is 7.10. The third kappa shape index (κ3) is 4.30. The average molecular weight is 427 g/mol. The van der Waals surface area contributed by atoms with Crippen LogP contribution in [0.4, 0.5) is 0 Å². The van der Waals surface area contributed by atoms with E-state index in [0.29, 0.717) is 16.5 Å². The van der Waals surface area contributed by atoms with Crippen molar-refractivity contribution in [3.63, 3.8) is 0 Å². The third-order valence-electron chi connectivity index (χ3n) is 5.22. The molecule has 1 saturated heterocycles. The van der Waals surface area contributed by atoms with E-state index < -0.39 is 6.10 Å². The first-order chi connectivity index (χ1) is 14.0. The Morgan fingerprint density at radius 2 is 1.45 bits per heavy atom. The van der Waals surface area contributed by atoms with Crippen molar-refractivity contribution in [2.24, 2.45) is 0 Å². The predicted octanol–water partition coefficient (Wildman–Crippen LogP) is 5.27. The molecule has 29 heavy (non-hydrogen) atoms. The minimum absolute atomic E-state index is 0.0491. The van der Waals surface area contributed by atoms with E-state index in [2.05, 4.69) is 4.98 Å². The van der Waals surface area contributed by atoms with Crippen LogP contribution < -0.4 is 0 Å². The van der Waals surface area contributed by atoms with Crippen molar-refractivity contribution in [3.05, 3.63) is 99.8 Å². The lowest BCUT2D eigenvalue weighted by Gasteiger charge is -2.43. The molecule has 1 fully saturated rings. The molecule has 4 rings (SSSR count). The van der Waals surface area contributed by atoms with Gasteiger partial charge in [-0.1, -0.05) is 47.5 Å². The first-order valence-corrected chi connectivity index (χ1v) is 10.1. The summed E-state index contributed by atoms with van der Waals surface area (Å²) in [6.45, 7) is 0. The molecule has 1 unspecified atom stereocenters. The van der Waals surface area contributed by atoms with Crippen LogP contribution in [0.25, 0.3) is 0 Å². The van der Waals surface area contributed by atoms with Gasteiger partial charge in [-0.2, -0.15) is 0 Å². The minimum Gasteiger partial charge on any atom is -0.358 e. The van der Waals surface area contributed by atoms with Gasteiger partial charge in [-0.15, -0.1) is 0 Å². The van der Waals surface area contributed by atoms with Crippen LogP contribution >= 0.6 is 23.2 Å². The summed E-state index contributed by atoms with van der Waals surface area (Å²) < 4.78 is 6.41. The number of benzene rings is 2. The molecule has 1 amide bonds. The fraction of sp³-hybridized carbons (Fsp3) is 0.217. The summed E-state index contributed by atoms with van der Waals surface area (Å²) in [4.78, 5) is 19.0. The van der Waals surface area contributed by atoms with Crippen molar-refractivity contribution in [2.75, 3.05) is 7.05 Å². The Kier molecular flexibility index (Phi) is 5.86. The van der Waals surface area contributed by atoms with Gasteiger partial charge in [-0.05, 0) is 53.1 Å². The van der Waals surface area contributed by atoms with Gasteiger partial charge in [0.05, 0.1) is 6.04 Å². The summed E-state index contributed by atoms with van der Waals surface area (Å²) in [7, 11) is 1.83. The van der Waals surface area contributed by atoms with Gasteiger partial charge < -0.3 is 9.64 Å². The number of hydrogen-bond donors (Lipinski definition) is 0. The van der Waals surface area contributed by atoms with E-state index >= 15 is 0 Å². The van der Waals surface area contributed by atoms with Crippen molar-refractivity contribution < 1.29 is 9.53 Å². The van der Waals surface area contributed by atoms with Crippen LogP contribution in [-0.4, -0.2) is 28.9 Å². The van der Waals surface area contributed by atoms with Crippen molar-refractivity contribution in [1.82, 2.24) is 9.88 Å². The van der Waals surface area contributed by atoms with Crippen molar-refractivity contribution >= 4 is 29.1 Å². The number of nitrogens with zero attached hydrogens (tertiary/aromatic N) is 2. The summed E-state index contributed by atoms with van der Waals surface area (Å²) in [6.07, 6.45) is 3.02. The van der Waals surface area contributed by atoms with Gasteiger partial charge in [0, 0.05) is 35.9 Å². The van der Waals surface area contributed by atoms with Crippen LogP contribution in [0.3, 0.4) is 0 Å². The zero-order valence-electron chi connectivity index (χ0n) is 15.8. The van der Waals surface area contributed by atoms with E-state index in [1.807, 2.05) is 67.7 Å². The molecule has 0 spiro atoms. The Labute approximate surface area is 180 Å². The molecule has 1 aliphatic rings. The van der Waals surface area contributed by atoms with E-state index in [9.17, 15) is 4.79 Å². The zero-order valence-corrected chi connectivity index (χ0v) is 17.3. The van der Waals surface area contributed by atoms with E-state index in [-0.39, 0.29) is 18.1 Å². The van der Waals surface area contributed by atoms with E-state index in [1.54, 1.807) is 17.3 Å². The highest BCUT2D eigenvalue weighted by atomic mass is 35.5. The van der Waals surface area contributed by atoms with Gasteiger partial charge in [0.15, 0.2) is 0 Å². The average Bonchev–Trinajstić information content (AvgIpc) is 2.74. The van der Waals surface area contributed by atoms with Crippen LogP contribution in [0.15, 0.2) is 73.1 Å². The van der Waals surface area contributed by atoms with Crippen molar-refractivity contribution in [2.45, 2.75) is 24.7 Å². The summed E-state index contributed by atoms with van der Waals surface area (Å²) in [6, 6.07) is 18.6. The lowest BCUT2D eigenvalue weighted by atomic mass is 9.91. The standard InChI is InChI=1S/C23H20Cl2N2O2/c1-27-21(16-2-6-18(24)7-3-16)22(17-4-8-19(25)9-5-17)29-20(23(27)28)14-15-10-12-26-13-11-15/h2-13,20-22H,14H2,1H3/t20-,21?,22-/m1/s1. The molecule has 148 valence electrons. The van der Waals surface area contributed by atoms with Gasteiger partial charge in [0.25, 0.3) is 5.91 Å².